The minimum Gasteiger partial charge on any atom is -0.455 e. The van der Waals surface area contributed by atoms with E-state index in [0.717, 1.165) is 20.8 Å². The molecule has 0 radical (unpaired) electrons. The molecule has 0 aliphatic carbocycles. The maximum Gasteiger partial charge on any atom is 0.317 e. The van der Waals surface area contributed by atoms with Crippen molar-refractivity contribution in [3.8, 4) is 12.3 Å². The second-order valence-corrected chi connectivity index (χ2v) is 7.62. The molecule has 1 aromatic heterocycles. The number of nitrogens with one attached hydrogen (secondary N) is 1. The number of aromatic nitrogens is 1. The minimum atomic E-state index is -0.971. The Morgan fingerprint density at radius 2 is 1.89 bits per heavy atom. The van der Waals surface area contributed by atoms with E-state index < -0.39 is 17.3 Å². The Morgan fingerprint density at radius 1 is 1.18 bits per heavy atom. The highest BCUT2D eigenvalue weighted by Crippen LogP contribution is 2.33. The van der Waals surface area contributed by atoms with Crippen LogP contribution in [-0.2, 0) is 26.2 Å². The normalized spacial score (nSPS) is 12.7. The Kier molecular flexibility index (Phi) is 6.07. The minimum absolute atomic E-state index is 0.0953. The highest BCUT2D eigenvalue weighted by molar-refractivity contribution is 7.18. The largest absolute Gasteiger partial charge is 0.455 e. The number of hydrogen-bond donors (Lipinski definition) is 1. The average Bonchev–Trinajstić information content (AvgIpc) is 3.13. The summed E-state index contributed by atoms with van der Waals surface area (Å²) in [4.78, 5) is 29.4. The molecule has 0 aliphatic heterocycles. The van der Waals surface area contributed by atoms with E-state index in [4.69, 9.17) is 11.2 Å². The molecule has 0 unspecified atom stereocenters. The molecule has 0 aliphatic rings. The lowest BCUT2D eigenvalue weighted by Crippen LogP contribution is -2.39. The number of rotatable bonds is 7. The fourth-order valence-corrected chi connectivity index (χ4v) is 4.01. The van der Waals surface area contributed by atoms with Crippen molar-refractivity contribution in [2.45, 2.75) is 18.8 Å². The molecule has 0 saturated heterocycles. The quantitative estimate of drug-likeness (QED) is 0.496. The number of fused-ring (bicyclic) bond motifs is 1. The number of esters is 1. The summed E-state index contributed by atoms with van der Waals surface area (Å²) >= 11 is 1.55. The Bertz CT molecular complexity index is 990. The molecular weight excluding hydrogens is 372 g/mol. The predicted octanol–water partition coefficient (Wildman–Crippen LogP) is 3.09. The molecule has 5 nitrogen and oxygen atoms in total. The first-order valence-corrected chi connectivity index (χ1v) is 9.62. The number of benzene rings is 2. The number of ether oxygens (including phenoxy) is 1. The molecule has 142 valence electrons. The lowest BCUT2D eigenvalue weighted by Gasteiger charge is -2.27. The summed E-state index contributed by atoms with van der Waals surface area (Å²) in [5, 5.41) is 3.32. The zero-order chi connectivity index (χ0) is 20.0. The molecular formula is C22H20N2O3S. The van der Waals surface area contributed by atoms with Gasteiger partial charge in [-0.2, -0.15) is 0 Å². The maximum absolute atomic E-state index is 13.0. The number of terminal acetylenes is 1. The Morgan fingerprint density at radius 3 is 2.61 bits per heavy atom. The summed E-state index contributed by atoms with van der Waals surface area (Å²) in [6.07, 6.45) is 5.49. The Labute approximate surface area is 167 Å². The van der Waals surface area contributed by atoms with E-state index in [1.54, 1.807) is 11.3 Å². The van der Waals surface area contributed by atoms with Crippen LogP contribution in [0, 0.1) is 12.3 Å². The van der Waals surface area contributed by atoms with Crippen LogP contribution in [0.2, 0.25) is 0 Å². The molecule has 0 fully saturated rings. The zero-order valence-electron chi connectivity index (χ0n) is 15.5. The third-order valence-corrected chi connectivity index (χ3v) is 5.46. The van der Waals surface area contributed by atoms with Crippen LogP contribution in [0.25, 0.3) is 10.2 Å². The van der Waals surface area contributed by atoms with Gasteiger partial charge in [-0.25, -0.2) is 4.98 Å². The number of nitrogens with zero attached hydrogens (tertiary/aromatic N) is 1. The van der Waals surface area contributed by atoms with Gasteiger partial charge in [0.15, 0.2) is 6.61 Å². The number of amides is 1. The van der Waals surface area contributed by atoms with E-state index in [2.05, 4.69) is 16.2 Å². The van der Waals surface area contributed by atoms with Crippen molar-refractivity contribution >= 4 is 33.4 Å². The highest BCUT2D eigenvalue weighted by Gasteiger charge is 2.38. The molecule has 1 N–H and O–H groups in total. The molecule has 0 saturated carbocycles. The second kappa shape index (κ2) is 8.68. The monoisotopic (exact) mass is 392 g/mol. The number of para-hydroxylation sites is 1. The van der Waals surface area contributed by atoms with Gasteiger partial charge in [0.2, 0.25) is 0 Å². The molecule has 0 bridgehead atoms. The number of carbonyl (C=O) groups is 2. The fraction of sp³-hybridized carbons (Fsp3) is 0.227. The topological polar surface area (TPSA) is 68.3 Å². The zero-order valence-corrected chi connectivity index (χ0v) is 16.3. The third-order valence-electron chi connectivity index (χ3n) is 4.43. The standard InChI is InChI=1S/C22H20N2O3S/c1-3-13-23-19(25)15-27-21(26)22(2,16-9-5-4-6-10-16)14-20-24-17-11-7-8-12-18(17)28-20/h1,4-12H,13-15H2,2H3,(H,23,25)/t22-/m0/s1. The maximum atomic E-state index is 13.0. The van der Waals surface area contributed by atoms with E-state index in [9.17, 15) is 9.59 Å². The van der Waals surface area contributed by atoms with Crippen LogP contribution in [0.3, 0.4) is 0 Å². The Hall–Kier alpha value is -3.17. The molecule has 0 spiro atoms. The lowest BCUT2D eigenvalue weighted by atomic mass is 9.79. The first kappa shape index (κ1) is 19.6. The first-order valence-electron chi connectivity index (χ1n) is 8.80. The van der Waals surface area contributed by atoms with Crippen LogP contribution in [0.5, 0.6) is 0 Å². The van der Waals surface area contributed by atoms with Gasteiger partial charge in [0.05, 0.1) is 27.2 Å². The van der Waals surface area contributed by atoms with Crippen molar-refractivity contribution in [1.29, 1.82) is 0 Å². The van der Waals surface area contributed by atoms with Crippen molar-refractivity contribution in [3.63, 3.8) is 0 Å². The number of carbonyl (C=O) groups excluding carboxylic acids is 2. The van der Waals surface area contributed by atoms with Crippen LogP contribution in [0.4, 0.5) is 0 Å². The van der Waals surface area contributed by atoms with Crippen molar-refractivity contribution in [3.05, 3.63) is 65.2 Å². The molecule has 2 aromatic carbocycles. The molecule has 28 heavy (non-hydrogen) atoms. The summed E-state index contributed by atoms with van der Waals surface area (Å²) in [5.41, 5.74) is 0.741. The van der Waals surface area contributed by atoms with Crippen molar-refractivity contribution in [1.82, 2.24) is 10.3 Å². The van der Waals surface area contributed by atoms with Gasteiger partial charge in [0.25, 0.3) is 5.91 Å². The van der Waals surface area contributed by atoms with Gasteiger partial charge in [-0.1, -0.05) is 48.4 Å². The van der Waals surface area contributed by atoms with Gasteiger partial charge in [-0.05, 0) is 24.6 Å². The third kappa shape index (κ3) is 4.38. The van der Waals surface area contributed by atoms with Crippen molar-refractivity contribution in [2.75, 3.05) is 13.2 Å². The van der Waals surface area contributed by atoms with E-state index in [-0.39, 0.29) is 13.2 Å². The molecule has 1 atom stereocenters. The SMILES string of the molecule is C#CCNC(=O)COC(=O)[C@@](C)(Cc1nc2ccccc2s1)c1ccccc1. The lowest BCUT2D eigenvalue weighted by molar-refractivity contribution is -0.153. The number of thiazole rings is 1. The van der Waals surface area contributed by atoms with Gasteiger partial charge in [0, 0.05) is 6.42 Å². The summed E-state index contributed by atoms with van der Waals surface area (Å²) in [7, 11) is 0. The summed E-state index contributed by atoms with van der Waals surface area (Å²) in [6, 6.07) is 17.3. The van der Waals surface area contributed by atoms with Gasteiger partial charge in [-0.15, -0.1) is 17.8 Å². The van der Waals surface area contributed by atoms with Crippen molar-refractivity contribution in [2.24, 2.45) is 0 Å². The van der Waals surface area contributed by atoms with Gasteiger partial charge < -0.3 is 10.1 Å². The second-order valence-electron chi connectivity index (χ2n) is 6.51. The van der Waals surface area contributed by atoms with E-state index in [0.29, 0.717) is 6.42 Å². The van der Waals surface area contributed by atoms with Crippen molar-refractivity contribution < 1.29 is 14.3 Å². The van der Waals surface area contributed by atoms with E-state index in [1.807, 2.05) is 61.5 Å². The van der Waals surface area contributed by atoms with Crippen LogP contribution in [0.1, 0.15) is 17.5 Å². The van der Waals surface area contributed by atoms with Gasteiger partial charge in [0.1, 0.15) is 0 Å². The first-order chi connectivity index (χ1) is 13.5. The summed E-state index contributed by atoms with van der Waals surface area (Å²) in [5.74, 6) is 1.40. The van der Waals surface area contributed by atoms with Gasteiger partial charge >= 0.3 is 5.97 Å². The molecule has 6 heteroatoms. The number of hydrogen-bond acceptors (Lipinski definition) is 5. The highest BCUT2D eigenvalue weighted by atomic mass is 32.1. The van der Waals surface area contributed by atoms with E-state index in [1.165, 1.54) is 0 Å². The van der Waals surface area contributed by atoms with Crippen LogP contribution in [-0.4, -0.2) is 30.0 Å². The molecule has 1 heterocycles. The molecule has 3 rings (SSSR count). The predicted molar refractivity (Wildman–Crippen MR) is 110 cm³/mol. The summed E-state index contributed by atoms with van der Waals surface area (Å²) < 4.78 is 6.39. The van der Waals surface area contributed by atoms with Gasteiger partial charge in [-0.3, -0.25) is 9.59 Å². The van der Waals surface area contributed by atoms with Crippen LogP contribution < -0.4 is 5.32 Å². The van der Waals surface area contributed by atoms with E-state index >= 15 is 0 Å². The summed E-state index contributed by atoms with van der Waals surface area (Å²) in [6.45, 7) is 1.54. The van der Waals surface area contributed by atoms with Crippen LogP contribution >= 0.6 is 11.3 Å². The smallest absolute Gasteiger partial charge is 0.317 e. The molecule has 1 amide bonds. The fourth-order valence-electron chi connectivity index (χ4n) is 2.89. The Balaban J connectivity index is 1.84. The molecule has 3 aromatic rings. The average molecular weight is 392 g/mol. The van der Waals surface area contributed by atoms with Crippen LogP contribution in [0.15, 0.2) is 54.6 Å².